The topological polar surface area (TPSA) is 62.6 Å². The van der Waals surface area contributed by atoms with E-state index in [1.54, 1.807) is 35.4 Å². The number of amides is 2. The van der Waals surface area contributed by atoms with Crippen LogP contribution < -0.4 is 5.32 Å². The Balaban J connectivity index is 1.40. The van der Waals surface area contributed by atoms with E-state index in [-0.39, 0.29) is 34.7 Å². The van der Waals surface area contributed by atoms with Crippen LogP contribution in [0.2, 0.25) is 5.02 Å². The lowest BCUT2D eigenvalue weighted by Crippen LogP contribution is -2.41. The zero-order valence-corrected chi connectivity index (χ0v) is 16.1. The predicted octanol–water partition coefficient (Wildman–Crippen LogP) is 3.68. The van der Waals surface area contributed by atoms with E-state index in [9.17, 15) is 14.0 Å². The fourth-order valence-electron chi connectivity index (χ4n) is 3.18. The first kappa shape index (κ1) is 20.1. The Labute approximate surface area is 168 Å². The number of benzene rings is 1. The summed E-state index contributed by atoms with van der Waals surface area (Å²) in [6.45, 7) is 1.79. The first-order chi connectivity index (χ1) is 13.5. The fraction of sp³-hybridized carbons (Fsp3) is 0.333. The summed E-state index contributed by atoms with van der Waals surface area (Å²) in [7, 11) is 0. The molecule has 2 heterocycles. The van der Waals surface area contributed by atoms with Gasteiger partial charge in [0, 0.05) is 36.3 Å². The standard InChI is InChI=1S/C21H22ClFN2O3/c22-18-4-1-5-19(23)17(18)13-20(26)24-14-15-8-10-25(11-9-15)21(27)7-6-16-3-2-12-28-16/h1-7,12,15H,8-11,13-14H2,(H,24,26)/b7-6+. The Kier molecular flexibility index (Phi) is 6.87. The lowest BCUT2D eigenvalue weighted by atomic mass is 9.96. The van der Waals surface area contributed by atoms with Crippen molar-refractivity contribution in [3.05, 3.63) is 64.8 Å². The van der Waals surface area contributed by atoms with Crippen molar-refractivity contribution in [2.24, 2.45) is 5.92 Å². The zero-order chi connectivity index (χ0) is 19.9. The third-order valence-electron chi connectivity index (χ3n) is 4.85. The number of carbonyl (C=O) groups excluding carboxylic acids is 2. The van der Waals surface area contributed by atoms with Crippen molar-refractivity contribution in [1.82, 2.24) is 10.2 Å². The Morgan fingerprint density at radius 2 is 2.04 bits per heavy atom. The minimum absolute atomic E-state index is 0.0481. The van der Waals surface area contributed by atoms with E-state index < -0.39 is 5.82 Å². The van der Waals surface area contributed by atoms with Crippen molar-refractivity contribution in [2.45, 2.75) is 19.3 Å². The Hall–Kier alpha value is -2.60. The van der Waals surface area contributed by atoms with Gasteiger partial charge < -0.3 is 14.6 Å². The molecule has 0 spiro atoms. The van der Waals surface area contributed by atoms with Gasteiger partial charge in [0.15, 0.2) is 0 Å². The lowest BCUT2D eigenvalue weighted by molar-refractivity contribution is -0.127. The summed E-state index contributed by atoms with van der Waals surface area (Å²) in [6, 6.07) is 7.93. The molecule has 1 aliphatic rings. The molecule has 1 aliphatic heterocycles. The molecule has 0 aliphatic carbocycles. The first-order valence-electron chi connectivity index (χ1n) is 9.23. The number of halogens is 2. The van der Waals surface area contributed by atoms with Crippen molar-refractivity contribution in [2.75, 3.05) is 19.6 Å². The van der Waals surface area contributed by atoms with Crippen molar-refractivity contribution in [3.8, 4) is 0 Å². The number of hydrogen-bond acceptors (Lipinski definition) is 3. The van der Waals surface area contributed by atoms with Gasteiger partial charge in [0.25, 0.3) is 0 Å². The molecule has 0 bridgehead atoms. The van der Waals surface area contributed by atoms with Crippen LogP contribution in [0.3, 0.4) is 0 Å². The average Bonchev–Trinajstić information content (AvgIpc) is 3.21. The Morgan fingerprint density at radius 3 is 2.71 bits per heavy atom. The summed E-state index contributed by atoms with van der Waals surface area (Å²) in [4.78, 5) is 26.1. The van der Waals surface area contributed by atoms with Crippen LogP contribution in [0.4, 0.5) is 4.39 Å². The van der Waals surface area contributed by atoms with Gasteiger partial charge in [0.2, 0.25) is 11.8 Å². The van der Waals surface area contributed by atoms with Crippen LogP contribution in [0.5, 0.6) is 0 Å². The first-order valence-corrected chi connectivity index (χ1v) is 9.61. The number of furan rings is 1. The molecule has 1 fully saturated rings. The van der Waals surface area contributed by atoms with Gasteiger partial charge in [-0.1, -0.05) is 17.7 Å². The van der Waals surface area contributed by atoms with Crippen LogP contribution in [0.15, 0.2) is 47.1 Å². The number of carbonyl (C=O) groups is 2. The molecular formula is C21H22ClFN2O3. The van der Waals surface area contributed by atoms with Gasteiger partial charge in [-0.05, 0) is 49.1 Å². The average molecular weight is 405 g/mol. The van der Waals surface area contributed by atoms with Crippen LogP contribution in [-0.2, 0) is 16.0 Å². The normalized spacial score (nSPS) is 15.1. The molecule has 1 aromatic carbocycles. The van der Waals surface area contributed by atoms with Crippen LogP contribution in [0.1, 0.15) is 24.2 Å². The number of hydrogen-bond donors (Lipinski definition) is 1. The number of nitrogens with one attached hydrogen (secondary N) is 1. The second kappa shape index (κ2) is 9.55. The molecule has 1 saturated heterocycles. The molecule has 7 heteroatoms. The number of rotatable bonds is 6. The van der Waals surface area contributed by atoms with Gasteiger partial charge in [-0.25, -0.2) is 4.39 Å². The van der Waals surface area contributed by atoms with Crippen LogP contribution in [0, 0.1) is 11.7 Å². The monoisotopic (exact) mass is 404 g/mol. The molecule has 5 nitrogen and oxygen atoms in total. The Morgan fingerprint density at radius 1 is 1.25 bits per heavy atom. The molecule has 2 amide bonds. The van der Waals surface area contributed by atoms with Crippen molar-refractivity contribution < 1.29 is 18.4 Å². The minimum atomic E-state index is -0.475. The fourth-order valence-corrected chi connectivity index (χ4v) is 3.41. The van der Waals surface area contributed by atoms with E-state index in [2.05, 4.69) is 5.32 Å². The maximum Gasteiger partial charge on any atom is 0.246 e. The van der Waals surface area contributed by atoms with E-state index in [1.165, 1.54) is 18.2 Å². The third kappa shape index (κ3) is 5.45. The van der Waals surface area contributed by atoms with Crippen molar-refractivity contribution in [3.63, 3.8) is 0 Å². The second-order valence-electron chi connectivity index (χ2n) is 6.80. The van der Waals surface area contributed by atoms with Crippen LogP contribution in [-0.4, -0.2) is 36.3 Å². The summed E-state index contributed by atoms with van der Waals surface area (Å²) in [6.07, 6.45) is 6.26. The molecule has 3 rings (SSSR count). The van der Waals surface area contributed by atoms with E-state index in [0.717, 1.165) is 12.8 Å². The summed E-state index contributed by atoms with van der Waals surface area (Å²) >= 11 is 5.96. The maximum absolute atomic E-state index is 13.8. The largest absolute Gasteiger partial charge is 0.465 e. The molecular weight excluding hydrogens is 383 g/mol. The highest BCUT2D eigenvalue weighted by atomic mass is 35.5. The van der Waals surface area contributed by atoms with Crippen molar-refractivity contribution >= 4 is 29.5 Å². The molecule has 0 atom stereocenters. The van der Waals surface area contributed by atoms with Gasteiger partial charge in [-0.2, -0.15) is 0 Å². The highest BCUT2D eigenvalue weighted by molar-refractivity contribution is 6.31. The molecule has 1 aromatic heterocycles. The number of nitrogens with zero attached hydrogens (tertiary/aromatic N) is 1. The van der Waals surface area contributed by atoms with Gasteiger partial charge in [-0.15, -0.1) is 0 Å². The number of likely N-dealkylation sites (tertiary alicyclic amines) is 1. The molecule has 0 saturated carbocycles. The SMILES string of the molecule is O=C(Cc1c(F)cccc1Cl)NCC1CCN(C(=O)/C=C/c2ccco2)CC1. The van der Waals surface area contributed by atoms with Gasteiger partial charge in [-0.3, -0.25) is 9.59 Å². The van der Waals surface area contributed by atoms with Gasteiger partial charge >= 0.3 is 0 Å². The number of piperidine rings is 1. The molecule has 0 radical (unpaired) electrons. The molecule has 1 N–H and O–H groups in total. The van der Waals surface area contributed by atoms with E-state index in [1.807, 2.05) is 0 Å². The van der Waals surface area contributed by atoms with Gasteiger partial charge in [0.05, 0.1) is 12.7 Å². The summed E-state index contributed by atoms with van der Waals surface area (Å²) in [5.74, 6) is 0.149. The summed E-state index contributed by atoms with van der Waals surface area (Å²) < 4.78 is 18.9. The summed E-state index contributed by atoms with van der Waals surface area (Å²) in [5.41, 5.74) is 0.213. The van der Waals surface area contributed by atoms with Crippen molar-refractivity contribution in [1.29, 1.82) is 0 Å². The zero-order valence-electron chi connectivity index (χ0n) is 15.4. The quantitative estimate of drug-likeness (QED) is 0.747. The highest BCUT2D eigenvalue weighted by Gasteiger charge is 2.22. The van der Waals surface area contributed by atoms with Crippen LogP contribution in [0.25, 0.3) is 6.08 Å². The van der Waals surface area contributed by atoms with E-state index in [0.29, 0.717) is 25.4 Å². The van der Waals surface area contributed by atoms with E-state index in [4.69, 9.17) is 16.0 Å². The lowest BCUT2D eigenvalue weighted by Gasteiger charge is -2.31. The molecule has 2 aromatic rings. The van der Waals surface area contributed by atoms with Crippen LogP contribution >= 0.6 is 11.6 Å². The third-order valence-corrected chi connectivity index (χ3v) is 5.20. The van der Waals surface area contributed by atoms with E-state index >= 15 is 0 Å². The smallest absolute Gasteiger partial charge is 0.246 e. The molecule has 148 valence electrons. The second-order valence-corrected chi connectivity index (χ2v) is 7.21. The van der Waals surface area contributed by atoms with Gasteiger partial charge in [0.1, 0.15) is 11.6 Å². The predicted molar refractivity (Wildman–Crippen MR) is 105 cm³/mol. The highest BCUT2D eigenvalue weighted by Crippen LogP contribution is 2.20. The molecule has 0 unspecified atom stereocenters. The summed E-state index contributed by atoms with van der Waals surface area (Å²) in [5, 5.41) is 3.10. The molecule has 28 heavy (non-hydrogen) atoms. The Bertz CT molecular complexity index is 823. The maximum atomic E-state index is 13.8. The minimum Gasteiger partial charge on any atom is -0.465 e.